The molecule has 0 fully saturated rings. The summed E-state index contributed by atoms with van der Waals surface area (Å²) in [5.41, 5.74) is 1.05. The fourth-order valence-electron chi connectivity index (χ4n) is 2.20. The Morgan fingerprint density at radius 1 is 1.31 bits per heavy atom. The number of oxazole rings is 1. The third-order valence-corrected chi connectivity index (χ3v) is 4.59. The Morgan fingerprint density at radius 2 is 2.12 bits per heavy atom. The normalized spacial score (nSPS) is 11.9. The number of aromatic hydroxyl groups is 1. The minimum atomic E-state index is -3.95. The fourth-order valence-corrected chi connectivity index (χ4v) is 3.00. The highest BCUT2D eigenvalue weighted by Gasteiger charge is 2.15. The van der Waals surface area contributed by atoms with E-state index in [2.05, 4.69) is 14.9 Å². The van der Waals surface area contributed by atoms with Crippen molar-refractivity contribution in [2.45, 2.75) is 11.8 Å². The molecule has 0 aliphatic heterocycles. The quantitative estimate of drug-likeness (QED) is 0.441. The van der Waals surface area contributed by atoms with Gasteiger partial charge in [-0.1, -0.05) is 0 Å². The third kappa shape index (κ3) is 3.70. The smallest absolute Gasteiger partial charge is 0.417 e. The number of hydrogen-bond donors (Lipinski definition) is 3. The maximum atomic E-state index is 12.3. The van der Waals surface area contributed by atoms with E-state index in [1.165, 1.54) is 36.5 Å². The predicted molar refractivity (Wildman–Crippen MR) is 94.0 cm³/mol. The number of nitrogens with zero attached hydrogens (tertiary/aromatic N) is 1. The second-order valence-electron chi connectivity index (χ2n) is 5.19. The first-order chi connectivity index (χ1) is 12.4. The molecule has 136 valence electrons. The van der Waals surface area contributed by atoms with Gasteiger partial charge in [0.25, 0.3) is 10.0 Å². The largest absolute Gasteiger partial charge is 0.504 e. The molecule has 0 amide bonds. The van der Waals surface area contributed by atoms with Crippen molar-refractivity contribution in [3.63, 3.8) is 0 Å². The van der Waals surface area contributed by atoms with Gasteiger partial charge in [0.05, 0.1) is 23.2 Å². The van der Waals surface area contributed by atoms with Crippen molar-refractivity contribution in [3.05, 3.63) is 52.5 Å². The number of phenols is 1. The average molecular weight is 377 g/mol. The molecule has 0 saturated heterocycles. The van der Waals surface area contributed by atoms with Crippen LogP contribution in [0.5, 0.6) is 11.5 Å². The van der Waals surface area contributed by atoms with Crippen molar-refractivity contribution in [1.82, 2.24) is 9.82 Å². The molecule has 3 rings (SSSR count). The SMILES string of the molecule is CCOc1cc(/C=N/NS(=O)(=O)c2ccc3[nH]c(=O)oc3c2)ccc1O. The van der Waals surface area contributed by atoms with Crippen LogP contribution in [0.3, 0.4) is 0 Å². The molecule has 0 bridgehead atoms. The van der Waals surface area contributed by atoms with Gasteiger partial charge in [0.1, 0.15) is 0 Å². The van der Waals surface area contributed by atoms with Crippen LogP contribution in [0.4, 0.5) is 0 Å². The molecule has 10 heteroatoms. The van der Waals surface area contributed by atoms with Crippen molar-refractivity contribution < 1.29 is 22.7 Å². The minimum Gasteiger partial charge on any atom is -0.504 e. The van der Waals surface area contributed by atoms with Crippen LogP contribution in [0.2, 0.25) is 0 Å². The number of nitrogens with one attached hydrogen (secondary N) is 2. The Morgan fingerprint density at radius 3 is 2.88 bits per heavy atom. The van der Waals surface area contributed by atoms with E-state index in [9.17, 15) is 18.3 Å². The number of fused-ring (bicyclic) bond motifs is 1. The van der Waals surface area contributed by atoms with Crippen molar-refractivity contribution in [2.24, 2.45) is 5.10 Å². The second-order valence-corrected chi connectivity index (χ2v) is 6.85. The van der Waals surface area contributed by atoms with E-state index in [0.29, 0.717) is 17.7 Å². The highest BCUT2D eigenvalue weighted by atomic mass is 32.2. The first-order valence-corrected chi connectivity index (χ1v) is 9.01. The number of hydrazone groups is 1. The van der Waals surface area contributed by atoms with Crippen LogP contribution < -0.4 is 15.3 Å². The lowest BCUT2D eigenvalue weighted by Crippen LogP contribution is -2.18. The van der Waals surface area contributed by atoms with Gasteiger partial charge in [-0.05, 0) is 42.8 Å². The van der Waals surface area contributed by atoms with E-state index in [-0.39, 0.29) is 22.0 Å². The average Bonchev–Trinajstić information content (AvgIpc) is 2.97. The van der Waals surface area contributed by atoms with E-state index in [1.807, 2.05) is 0 Å². The predicted octanol–water partition coefficient (Wildman–Crippen LogP) is 1.54. The zero-order valence-electron chi connectivity index (χ0n) is 13.6. The standard InChI is InChI=1S/C16H15N3O6S/c1-2-24-15-7-10(3-6-13(15)20)9-17-19-26(22,23)11-4-5-12-14(8-11)25-16(21)18-12/h3-9,19-20H,2H2,1H3,(H,18,21)/b17-9+. The number of aromatic nitrogens is 1. The Labute approximate surface area is 148 Å². The lowest BCUT2D eigenvalue weighted by Gasteiger charge is -2.06. The van der Waals surface area contributed by atoms with Gasteiger partial charge in [-0.3, -0.25) is 4.98 Å². The van der Waals surface area contributed by atoms with Gasteiger partial charge in [-0.15, -0.1) is 0 Å². The molecule has 1 aromatic heterocycles. The van der Waals surface area contributed by atoms with Gasteiger partial charge in [0.2, 0.25) is 0 Å². The van der Waals surface area contributed by atoms with Gasteiger partial charge in [0, 0.05) is 6.07 Å². The summed E-state index contributed by atoms with van der Waals surface area (Å²) in [6.45, 7) is 2.15. The number of sulfonamides is 1. The van der Waals surface area contributed by atoms with Gasteiger partial charge in [0.15, 0.2) is 17.1 Å². The van der Waals surface area contributed by atoms with E-state index in [1.54, 1.807) is 13.0 Å². The summed E-state index contributed by atoms with van der Waals surface area (Å²) in [4.78, 5) is 15.5. The minimum absolute atomic E-state index is 0.0223. The maximum absolute atomic E-state index is 12.3. The summed E-state index contributed by atoms with van der Waals surface area (Å²) >= 11 is 0. The van der Waals surface area contributed by atoms with Crippen LogP contribution in [0.1, 0.15) is 12.5 Å². The lowest BCUT2D eigenvalue weighted by atomic mass is 10.2. The van der Waals surface area contributed by atoms with Crippen LogP contribution in [-0.2, 0) is 10.0 Å². The summed E-state index contributed by atoms with van der Waals surface area (Å²) in [7, 11) is -3.95. The second kappa shape index (κ2) is 6.92. The molecule has 0 spiro atoms. The molecule has 26 heavy (non-hydrogen) atoms. The van der Waals surface area contributed by atoms with E-state index < -0.39 is 15.8 Å². The van der Waals surface area contributed by atoms with Crippen LogP contribution in [0.15, 0.2) is 55.6 Å². The summed E-state index contributed by atoms with van der Waals surface area (Å²) in [6, 6.07) is 8.46. The number of benzene rings is 2. The summed E-state index contributed by atoms with van der Waals surface area (Å²) < 4.78 is 34.6. The highest BCUT2D eigenvalue weighted by molar-refractivity contribution is 7.89. The number of rotatable bonds is 6. The molecular weight excluding hydrogens is 362 g/mol. The summed E-state index contributed by atoms with van der Waals surface area (Å²) in [6.07, 6.45) is 1.27. The molecule has 0 atom stereocenters. The fraction of sp³-hybridized carbons (Fsp3) is 0.125. The first-order valence-electron chi connectivity index (χ1n) is 7.52. The number of H-pyrrole nitrogens is 1. The molecule has 3 aromatic rings. The van der Waals surface area contributed by atoms with Gasteiger partial charge < -0.3 is 14.3 Å². The van der Waals surface area contributed by atoms with Crippen molar-refractivity contribution in [3.8, 4) is 11.5 Å². The highest BCUT2D eigenvalue weighted by Crippen LogP contribution is 2.26. The monoisotopic (exact) mass is 377 g/mol. The van der Waals surface area contributed by atoms with E-state index >= 15 is 0 Å². The van der Waals surface area contributed by atoms with Gasteiger partial charge >= 0.3 is 5.76 Å². The van der Waals surface area contributed by atoms with Crippen LogP contribution in [0, 0.1) is 0 Å². The third-order valence-electron chi connectivity index (χ3n) is 3.37. The number of hydrogen-bond acceptors (Lipinski definition) is 7. The summed E-state index contributed by atoms with van der Waals surface area (Å²) in [5.74, 6) is -0.420. The van der Waals surface area contributed by atoms with E-state index in [4.69, 9.17) is 9.15 Å². The number of ether oxygens (including phenoxy) is 1. The Hall–Kier alpha value is -3.27. The zero-order chi connectivity index (χ0) is 18.7. The Kier molecular flexibility index (Phi) is 4.67. The first kappa shape index (κ1) is 17.5. The lowest BCUT2D eigenvalue weighted by molar-refractivity contribution is 0.318. The van der Waals surface area contributed by atoms with Crippen molar-refractivity contribution >= 4 is 27.3 Å². The van der Waals surface area contributed by atoms with E-state index in [0.717, 1.165) is 0 Å². The summed E-state index contributed by atoms with van der Waals surface area (Å²) in [5, 5.41) is 13.3. The molecule has 0 aliphatic rings. The molecule has 2 aromatic carbocycles. The molecule has 9 nitrogen and oxygen atoms in total. The van der Waals surface area contributed by atoms with Crippen molar-refractivity contribution in [1.29, 1.82) is 0 Å². The van der Waals surface area contributed by atoms with Gasteiger partial charge in [-0.25, -0.2) is 9.63 Å². The maximum Gasteiger partial charge on any atom is 0.417 e. The number of aromatic amines is 1. The molecule has 0 unspecified atom stereocenters. The topological polar surface area (TPSA) is 134 Å². The Balaban J connectivity index is 1.79. The molecule has 1 heterocycles. The van der Waals surface area contributed by atoms with Crippen LogP contribution in [0.25, 0.3) is 11.1 Å². The molecule has 0 aliphatic carbocycles. The molecular formula is C16H15N3O6S. The van der Waals surface area contributed by atoms with Gasteiger partial charge in [-0.2, -0.15) is 13.5 Å². The molecule has 0 radical (unpaired) electrons. The zero-order valence-corrected chi connectivity index (χ0v) is 14.4. The van der Waals surface area contributed by atoms with Crippen molar-refractivity contribution in [2.75, 3.05) is 6.61 Å². The number of phenolic OH excluding ortho intramolecular Hbond substituents is 1. The molecule has 0 saturated carbocycles. The van der Waals surface area contributed by atoms with Crippen LogP contribution in [-0.4, -0.2) is 31.3 Å². The molecule has 3 N–H and O–H groups in total. The van der Waals surface area contributed by atoms with Crippen LogP contribution >= 0.6 is 0 Å². The Bertz CT molecular complexity index is 1130.